The lowest BCUT2D eigenvalue weighted by Crippen LogP contribution is -2.67. The molecular weight excluding hydrogens is 354 g/mol. The van der Waals surface area contributed by atoms with Crippen molar-refractivity contribution >= 4 is 17.5 Å². The second-order valence-electron chi connectivity index (χ2n) is 7.47. The molecule has 6 heteroatoms. The van der Waals surface area contributed by atoms with Gasteiger partial charge in [0.25, 0.3) is 5.91 Å². The molecule has 0 aromatic heterocycles. The lowest BCUT2D eigenvalue weighted by molar-refractivity contribution is -0.132. The molecule has 0 atom stereocenters. The standard InChI is InChI=1S/C22H25N3O3/c1-24-19-6-4-3-5-18(19)21(27)23-22(24)11-13-25(14-12-22)20(26)15-16-7-9-17(28-2)10-8-16/h3-10H,11-15H2,1-2H3,(H,23,27). The largest absolute Gasteiger partial charge is 0.497 e. The molecule has 1 fully saturated rings. The third-order valence-electron chi connectivity index (χ3n) is 5.96. The number of nitrogens with one attached hydrogen (secondary N) is 1. The molecule has 4 rings (SSSR count). The van der Waals surface area contributed by atoms with Crippen molar-refractivity contribution in [3.63, 3.8) is 0 Å². The lowest BCUT2D eigenvalue weighted by Gasteiger charge is -2.51. The number of hydrogen-bond donors (Lipinski definition) is 1. The van der Waals surface area contributed by atoms with E-state index in [1.807, 2.05) is 60.5 Å². The van der Waals surface area contributed by atoms with E-state index in [4.69, 9.17) is 4.74 Å². The van der Waals surface area contributed by atoms with Gasteiger partial charge in [0, 0.05) is 33.0 Å². The summed E-state index contributed by atoms with van der Waals surface area (Å²) in [4.78, 5) is 29.4. The predicted octanol–water partition coefficient (Wildman–Crippen LogP) is 2.44. The summed E-state index contributed by atoms with van der Waals surface area (Å²) in [6, 6.07) is 15.3. The molecule has 0 unspecified atom stereocenters. The molecule has 0 radical (unpaired) electrons. The van der Waals surface area contributed by atoms with Crippen LogP contribution in [-0.4, -0.2) is 49.6 Å². The summed E-state index contributed by atoms with van der Waals surface area (Å²) in [5.74, 6) is 0.865. The molecule has 2 amide bonds. The molecule has 28 heavy (non-hydrogen) atoms. The summed E-state index contributed by atoms with van der Waals surface area (Å²) >= 11 is 0. The van der Waals surface area contributed by atoms with Crippen molar-refractivity contribution in [1.29, 1.82) is 0 Å². The number of piperidine rings is 1. The van der Waals surface area contributed by atoms with Gasteiger partial charge in [-0.2, -0.15) is 0 Å². The van der Waals surface area contributed by atoms with Gasteiger partial charge in [0.2, 0.25) is 5.91 Å². The minimum Gasteiger partial charge on any atom is -0.497 e. The fourth-order valence-corrected chi connectivity index (χ4v) is 4.17. The Kier molecular flexibility index (Phi) is 4.71. The number of rotatable bonds is 3. The molecule has 146 valence electrons. The number of benzene rings is 2. The first-order valence-electron chi connectivity index (χ1n) is 9.58. The molecule has 1 saturated heterocycles. The normalized spacial score (nSPS) is 17.9. The molecule has 1 N–H and O–H groups in total. The van der Waals surface area contributed by atoms with E-state index in [-0.39, 0.29) is 11.8 Å². The molecule has 2 aromatic rings. The number of amides is 2. The Morgan fingerprint density at radius 3 is 2.46 bits per heavy atom. The Labute approximate surface area is 165 Å². The fourth-order valence-electron chi connectivity index (χ4n) is 4.17. The average molecular weight is 379 g/mol. The molecule has 6 nitrogen and oxygen atoms in total. The number of ether oxygens (including phenoxy) is 1. The van der Waals surface area contributed by atoms with Crippen molar-refractivity contribution in [3.8, 4) is 5.75 Å². The van der Waals surface area contributed by atoms with Crippen LogP contribution in [0.1, 0.15) is 28.8 Å². The van der Waals surface area contributed by atoms with Crippen molar-refractivity contribution in [2.24, 2.45) is 0 Å². The lowest BCUT2D eigenvalue weighted by atomic mass is 9.90. The topological polar surface area (TPSA) is 61.9 Å². The third-order valence-corrected chi connectivity index (χ3v) is 5.96. The van der Waals surface area contributed by atoms with E-state index in [2.05, 4.69) is 10.2 Å². The van der Waals surface area contributed by atoms with Gasteiger partial charge in [0.1, 0.15) is 11.4 Å². The van der Waals surface area contributed by atoms with Gasteiger partial charge in [0.05, 0.1) is 24.8 Å². The zero-order chi connectivity index (χ0) is 19.7. The number of carbonyl (C=O) groups excluding carboxylic acids is 2. The van der Waals surface area contributed by atoms with Crippen LogP contribution in [0.3, 0.4) is 0 Å². The van der Waals surface area contributed by atoms with E-state index in [9.17, 15) is 9.59 Å². The number of methoxy groups -OCH3 is 1. The van der Waals surface area contributed by atoms with Crippen molar-refractivity contribution in [2.45, 2.75) is 24.9 Å². The number of hydrogen-bond acceptors (Lipinski definition) is 4. The molecule has 0 bridgehead atoms. The number of likely N-dealkylation sites (tertiary alicyclic amines) is 1. The van der Waals surface area contributed by atoms with Gasteiger partial charge < -0.3 is 19.9 Å². The SMILES string of the molecule is COc1ccc(CC(=O)N2CCC3(CC2)NC(=O)c2ccccc2N3C)cc1. The van der Waals surface area contributed by atoms with Gasteiger partial charge in [-0.05, 0) is 29.8 Å². The molecule has 0 saturated carbocycles. The first kappa shape index (κ1) is 18.3. The monoisotopic (exact) mass is 379 g/mol. The summed E-state index contributed by atoms with van der Waals surface area (Å²) in [5.41, 5.74) is 2.20. The van der Waals surface area contributed by atoms with Gasteiger partial charge in [-0.25, -0.2) is 0 Å². The zero-order valence-corrected chi connectivity index (χ0v) is 16.3. The van der Waals surface area contributed by atoms with E-state index in [0.29, 0.717) is 37.9 Å². The average Bonchev–Trinajstić information content (AvgIpc) is 2.73. The molecule has 2 heterocycles. The van der Waals surface area contributed by atoms with E-state index >= 15 is 0 Å². The highest BCUT2D eigenvalue weighted by Crippen LogP contribution is 2.36. The second-order valence-corrected chi connectivity index (χ2v) is 7.47. The molecule has 2 aliphatic heterocycles. The van der Waals surface area contributed by atoms with Gasteiger partial charge in [-0.15, -0.1) is 0 Å². The van der Waals surface area contributed by atoms with Crippen LogP contribution in [0.15, 0.2) is 48.5 Å². The van der Waals surface area contributed by atoms with Crippen LogP contribution in [0.25, 0.3) is 0 Å². The van der Waals surface area contributed by atoms with Gasteiger partial charge in [-0.1, -0.05) is 24.3 Å². The van der Waals surface area contributed by atoms with Gasteiger partial charge in [0.15, 0.2) is 0 Å². The predicted molar refractivity (Wildman–Crippen MR) is 108 cm³/mol. The Morgan fingerprint density at radius 1 is 1.11 bits per heavy atom. The minimum absolute atomic E-state index is 0.0355. The summed E-state index contributed by atoms with van der Waals surface area (Å²) in [7, 11) is 3.65. The van der Waals surface area contributed by atoms with Crippen LogP contribution >= 0.6 is 0 Å². The highest BCUT2D eigenvalue weighted by molar-refractivity contribution is 6.02. The maximum atomic E-state index is 12.7. The summed E-state index contributed by atoms with van der Waals surface area (Å²) in [6.45, 7) is 1.25. The highest BCUT2D eigenvalue weighted by Gasteiger charge is 2.44. The Balaban J connectivity index is 1.43. The maximum absolute atomic E-state index is 12.7. The summed E-state index contributed by atoms with van der Waals surface area (Å²) in [6.07, 6.45) is 1.79. The van der Waals surface area contributed by atoms with E-state index < -0.39 is 5.66 Å². The maximum Gasteiger partial charge on any atom is 0.255 e. The third kappa shape index (κ3) is 3.19. The van der Waals surface area contributed by atoms with Gasteiger partial charge in [-0.3, -0.25) is 9.59 Å². The Hall–Kier alpha value is -3.02. The van der Waals surface area contributed by atoms with Crippen LogP contribution in [0.4, 0.5) is 5.69 Å². The number of fused-ring (bicyclic) bond motifs is 1. The van der Waals surface area contributed by atoms with Crippen LogP contribution in [-0.2, 0) is 11.2 Å². The Bertz CT molecular complexity index is 886. The zero-order valence-electron chi connectivity index (χ0n) is 16.3. The number of nitrogens with zero attached hydrogens (tertiary/aromatic N) is 2. The first-order chi connectivity index (χ1) is 13.5. The number of anilines is 1. The molecule has 0 aliphatic carbocycles. The second kappa shape index (κ2) is 7.19. The van der Waals surface area contributed by atoms with Crippen LogP contribution < -0.4 is 15.0 Å². The number of para-hydroxylation sites is 1. The highest BCUT2D eigenvalue weighted by atomic mass is 16.5. The van der Waals surface area contributed by atoms with Crippen molar-refractivity contribution in [2.75, 3.05) is 32.1 Å². The van der Waals surface area contributed by atoms with Crippen molar-refractivity contribution in [3.05, 3.63) is 59.7 Å². The van der Waals surface area contributed by atoms with Gasteiger partial charge >= 0.3 is 0 Å². The van der Waals surface area contributed by atoms with E-state index in [1.165, 1.54) is 0 Å². The number of carbonyl (C=O) groups is 2. The smallest absolute Gasteiger partial charge is 0.255 e. The van der Waals surface area contributed by atoms with Crippen LogP contribution in [0, 0.1) is 0 Å². The molecule has 2 aliphatic rings. The Morgan fingerprint density at radius 2 is 1.79 bits per heavy atom. The molecule has 2 aromatic carbocycles. The fraction of sp³-hybridized carbons (Fsp3) is 0.364. The van der Waals surface area contributed by atoms with E-state index in [1.54, 1.807) is 7.11 Å². The van der Waals surface area contributed by atoms with Crippen molar-refractivity contribution in [1.82, 2.24) is 10.2 Å². The molecular formula is C22H25N3O3. The van der Waals surface area contributed by atoms with Crippen LogP contribution in [0.2, 0.25) is 0 Å². The summed E-state index contributed by atoms with van der Waals surface area (Å²) in [5, 5.41) is 3.19. The van der Waals surface area contributed by atoms with Crippen molar-refractivity contribution < 1.29 is 14.3 Å². The van der Waals surface area contributed by atoms with Crippen LogP contribution in [0.5, 0.6) is 5.75 Å². The summed E-state index contributed by atoms with van der Waals surface area (Å²) < 4.78 is 5.16. The molecule has 1 spiro atoms. The first-order valence-corrected chi connectivity index (χ1v) is 9.58. The quantitative estimate of drug-likeness (QED) is 0.890. The van der Waals surface area contributed by atoms with E-state index in [0.717, 1.165) is 17.0 Å². The minimum atomic E-state index is -0.428.